The van der Waals surface area contributed by atoms with Crippen LogP contribution in [0.15, 0.2) is 121 Å². The summed E-state index contributed by atoms with van der Waals surface area (Å²) in [6, 6.07) is 44.2. The molecule has 42 heavy (non-hydrogen) atoms. The van der Waals surface area contributed by atoms with E-state index in [9.17, 15) is 0 Å². The Kier molecular flexibility index (Phi) is 11.7. The average Bonchev–Trinajstić information content (AvgIpc) is 3.92. The second-order valence-corrected chi connectivity index (χ2v) is 24.3. The molecule has 0 radical (unpaired) electrons. The molecule has 6 aromatic carbocycles. The summed E-state index contributed by atoms with van der Waals surface area (Å²) in [6.07, 6.45) is 5.49. The van der Waals surface area contributed by atoms with E-state index in [4.69, 9.17) is 0 Å². The molecule has 0 nitrogen and oxygen atoms in total. The molecule has 2 aliphatic rings. The van der Waals surface area contributed by atoms with E-state index in [-0.39, 0.29) is 30.3 Å². The van der Waals surface area contributed by atoms with Gasteiger partial charge in [-0.1, -0.05) is 83.9 Å². The predicted molar refractivity (Wildman–Crippen MR) is 186 cm³/mol. The molecule has 4 heteroatoms. The van der Waals surface area contributed by atoms with Crippen LogP contribution in [-0.2, 0) is 23.0 Å². The third-order valence-corrected chi connectivity index (χ3v) is 7.81. The summed E-state index contributed by atoms with van der Waals surface area (Å²) in [5.41, 5.74) is 8.68. The van der Waals surface area contributed by atoms with Crippen molar-refractivity contribution < 1.29 is 23.0 Å². The van der Waals surface area contributed by atoms with Crippen LogP contribution in [0.4, 0.5) is 0 Å². The van der Waals surface area contributed by atoms with Crippen molar-refractivity contribution in [1.82, 2.24) is 0 Å². The third kappa shape index (κ3) is 8.02. The summed E-state index contributed by atoms with van der Waals surface area (Å²) in [6.45, 7) is 4.66. The maximum atomic E-state index is 2.40. The fraction of sp³-hybridized carbons (Fsp3) is 0.211. The molecule has 0 aliphatic heterocycles. The van der Waals surface area contributed by atoms with Gasteiger partial charge >= 0.3 is 41.6 Å². The van der Waals surface area contributed by atoms with Gasteiger partial charge in [0.1, 0.15) is 0 Å². The number of benzene rings is 4. The Morgan fingerprint density at radius 2 is 0.905 bits per heavy atom. The van der Waals surface area contributed by atoms with Crippen molar-refractivity contribution in [3.8, 4) is 22.3 Å². The minimum Gasteiger partial charge on any atom is -0.164 e. The Labute approximate surface area is 278 Å². The number of hydrogen-bond acceptors (Lipinski definition) is 0. The van der Waals surface area contributed by atoms with Gasteiger partial charge in [-0.2, -0.15) is 12.1 Å². The first-order chi connectivity index (χ1) is 19.6. The normalized spacial score (nSPS) is 13.6. The molecule has 2 fully saturated rings. The molecule has 0 spiro atoms. The van der Waals surface area contributed by atoms with Crippen molar-refractivity contribution in [2.24, 2.45) is 0 Å². The first-order valence-electron chi connectivity index (χ1n) is 14.6. The summed E-state index contributed by atoms with van der Waals surface area (Å²) < 4.78 is 0. The largest absolute Gasteiger partial charge is 0.164 e. The van der Waals surface area contributed by atoms with Crippen LogP contribution in [0, 0.1) is 0 Å². The molecule has 0 aromatic heterocycles. The van der Waals surface area contributed by atoms with Gasteiger partial charge in [0.2, 0.25) is 0 Å². The van der Waals surface area contributed by atoms with Crippen molar-refractivity contribution in [2.45, 2.75) is 50.6 Å². The second kappa shape index (κ2) is 15.0. The van der Waals surface area contributed by atoms with Crippen molar-refractivity contribution >= 4 is 51.9 Å². The van der Waals surface area contributed by atoms with Crippen LogP contribution in [0.25, 0.3) is 43.8 Å². The Hall–Kier alpha value is -2.23. The first kappa shape index (κ1) is 32.7. The van der Waals surface area contributed by atoms with Gasteiger partial charge in [-0.25, -0.2) is 0 Å². The van der Waals surface area contributed by atoms with Crippen molar-refractivity contribution in [1.29, 1.82) is 0 Å². The van der Waals surface area contributed by atoms with Crippen LogP contribution >= 0.6 is 24.8 Å². The van der Waals surface area contributed by atoms with Crippen LogP contribution in [0.5, 0.6) is 0 Å². The minimum absolute atomic E-state index is 0. The molecule has 0 saturated heterocycles. The smallest absolute Gasteiger partial charge is 0.0279 e. The molecule has 2 saturated carbocycles. The van der Waals surface area contributed by atoms with Crippen molar-refractivity contribution in [3.63, 3.8) is 0 Å². The molecule has 212 valence electrons. The van der Waals surface area contributed by atoms with Gasteiger partial charge in [-0.15, -0.1) is 93.9 Å². The molecule has 0 atom stereocenters. The van der Waals surface area contributed by atoms with Gasteiger partial charge < -0.3 is 0 Å². The number of fused-ring (bicyclic) bond motifs is 2. The van der Waals surface area contributed by atoms with E-state index in [1.165, 1.54) is 104 Å². The molecule has 0 unspecified atom stereocenters. The SMILES string of the molecule is C[Si](C)=[Hf+2].Cl.Cl.c1ccc(-c2cccc3[cH-]c(C4CC4)cc23)cc1.c1ccc(-c2cccc3[cH-]c(C4CC4)cc23)cc1. The van der Waals surface area contributed by atoms with E-state index in [2.05, 4.69) is 134 Å². The van der Waals surface area contributed by atoms with Gasteiger partial charge in [0, 0.05) is 0 Å². The van der Waals surface area contributed by atoms with E-state index < -0.39 is 0 Å². The van der Waals surface area contributed by atoms with E-state index in [0.717, 1.165) is 11.8 Å². The number of hydrogen-bond donors (Lipinski definition) is 0. The number of rotatable bonds is 4. The number of halogens is 2. The van der Waals surface area contributed by atoms with E-state index in [1.54, 1.807) is 0 Å². The summed E-state index contributed by atoms with van der Waals surface area (Å²) in [7, 11) is 0. The standard InChI is InChI=1S/2C18H15.C2H6Si.2ClH.Hf/c2*1-2-5-14(6-3-1)17-8-4-7-15-11-16(12-18(15)17)13-9-10-13;1-3-2;;;/h2*1-8,11-13H,9-10H2;1-2H3;2*1H;/q2*-1;;;;+2. The zero-order valence-electron chi connectivity index (χ0n) is 24.3. The van der Waals surface area contributed by atoms with Gasteiger partial charge in [-0.05, 0) is 48.6 Å². The Balaban J connectivity index is 0.000000165. The molecular formula is C38H38Cl2HfSi. The maximum Gasteiger partial charge on any atom is -0.0279 e. The van der Waals surface area contributed by atoms with Crippen LogP contribution in [0.3, 0.4) is 0 Å². The van der Waals surface area contributed by atoms with Crippen LogP contribution in [-0.4, -0.2) is 5.49 Å². The van der Waals surface area contributed by atoms with Gasteiger partial charge in [0.25, 0.3) is 0 Å². The van der Waals surface area contributed by atoms with Crippen LogP contribution in [0.1, 0.15) is 48.6 Å². The summed E-state index contributed by atoms with van der Waals surface area (Å²) in [5, 5.41) is 5.59. The summed E-state index contributed by atoms with van der Waals surface area (Å²) in [5.74, 6) is 1.67. The second-order valence-electron chi connectivity index (χ2n) is 11.5. The zero-order chi connectivity index (χ0) is 27.5. The van der Waals surface area contributed by atoms with E-state index in [1.807, 2.05) is 0 Å². The average molecular weight is 772 g/mol. The quantitative estimate of drug-likeness (QED) is 0.124. The molecular weight excluding hydrogens is 734 g/mol. The molecule has 0 heterocycles. The monoisotopic (exact) mass is 772 g/mol. The van der Waals surface area contributed by atoms with Crippen LogP contribution < -0.4 is 0 Å². The van der Waals surface area contributed by atoms with Gasteiger partial charge in [0.05, 0.1) is 0 Å². The zero-order valence-corrected chi connectivity index (χ0v) is 30.6. The fourth-order valence-electron chi connectivity index (χ4n) is 5.56. The van der Waals surface area contributed by atoms with Crippen molar-refractivity contribution in [2.75, 3.05) is 0 Å². The molecule has 0 amide bonds. The topological polar surface area (TPSA) is 0 Å². The van der Waals surface area contributed by atoms with E-state index >= 15 is 0 Å². The Bertz CT molecular complexity index is 1610. The summed E-state index contributed by atoms with van der Waals surface area (Å²) >= 11 is 1.45. The Morgan fingerprint density at radius 3 is 1.24 bits per heavy atom. The summed E-state index contributed by atoms with van der Waals surface area (Å²) in [4.78, 5) is 0. The molecule has 0 N–H and O–H groups in total. The minimum atomic E-state index is 0. The van der Waals surface area contributed by atoms with Gasteiger partial charge in [0.15, 0.2) is 0 Å². The van der Waals surface area contributed by atoms with E-state index in [0.29, 0.717) is 0 Å². The van der Waals surface area contributed by atoms with Gasteiger partial charge in [-0.3, -0.25) is 0 Å². The maximum absolute atomic E-state index is 2.40. The third-order valence-electron chi connectivity index (χ3n) is 7.81. The fourth-order valence-corrected chi connectivity index (χ4v) is 5.56. The predicted octanol–water partition coefficient (Wildman–Crippen LogP) is 11.8. The Morgan fingerprint density at radius 1 is 0.548 bits per heavy atom. The van der Waals surface area contributed by atoms with Crippen LogP contribution in [0.2, 0.25) is 13.1 Å². The molecule has 2 aliphatic carbocycles. The molecule has 6 aromatic rings. The first-order valence-corrected chi connectivity index (χ1v) is 22.5. The van der Waals surface area contributed by atoms with Crippen molar-refractivity contribution in [3.05, 3.63) is 132 Å². The molecule has 0 bridgehead atoms. The molecule has 8 rings (SSSR count).